The number of Topliss-reactive ketones (excluding diaryl/α,β-unsaturated/α-hetero) is 1. The fourth-order valence-corrected chi connectivity index (χ4v) is 2.98. The van der Waals surface area contributed by atoms with Crippen molar-refractivity contribution in [3.63, 3.8) is 0 Å². The Labute approximate surface area is 120 Å². The summed E-state index contributed by atoms with van der Waals surface area (Å²) in [6, 6.07) is 14.7. The molecule has 2 aromatic carbocycles. The van der Waals surface area contributed by atoms with E-state index in [4.69, 9.17) is 0 Å². The summed E-state index contributed by atoms with van der Waals surface area (Å²) in [7, 11) is 0. The van der Waals surface area contributed by atoms with Crippen molar-refractivity contribution in [3.05, 3.63) is 59.2 Å². The van der Waals surface area contributed by atoms with Crippen molar-refractivity contribution in [2.75, 3.05) is 0 Å². The van der Waals surface area contributed by atoms with Crippen LogP contribution in [-0.2, 0) is 6.42 Å². The second-order valence-corrected chi connectivity index (χ2v) is 5.59. The number of carbonyl (C=O) groups is 1. The molecule has 0 atom stereocenters. The summed E-state index contributed by atoms with van der Waals surface area (Å²) in [6.45, 7) is 2.16. The van der Waals surface area contributed by atoms with Crippen molar-refractivity contribution in [2.24, 2.45) is 0 Å². The molecule has 20 heavy (non-hydrogen) atoms. The van der Waals surface area contributed by atoms with Crippen LogP contribution in [0.4, 0.5) is 0 Å². The van der Waals surface area contributed by atoms with Crippen LogP contribution in [0.1, 0.15) is 54.1 Å². The van der Waals surface area contributed by atoms with Crippen LogP contribution in [0.5, 0.6) is 0 Å². The van der Waals surface area contributed by atoms with Crippen molar-refractivity contribution >= 4 is 5.78 Å². The molecular weight excluding hydrogens is 244 g/mol. The molecule has 1 nitrogen and oxygen atoms in total. The number of unbranched alkanes of at least 4 members (excludes halogenated alkanes) is 2. The monoisotopic (exact) mass is 264 g/mol. The van der Waals surface area contributed by atoms with Gasteiger partial charge < -0.3 is 0 Å². The van der Waals surface area contributed by atoms with Crippen molar-refractivity contribution in [2.45, 2.75) is 39.0 Å². The topological polar surface area (TPSA) is 17.1 Å². The molecule has 1 aliphatic rings. The van der Waals surface area contributed by atoms with Crippen LogP contribution >= 0.6 is 0 Å². The number of fused-ring (bicyclic) bond motifs is 3. The highest BCUT2D eigenvalue weighted by Gasteiger charge is 2.19. The Kier molecular flexibility index (Phi) is 3.68. The number of rotatable bonds is 5. The molecule has 1 aliphatic carbocycles. The first-order chi connectivity index (χ1) is 9.79. The van der Waals surface area contributed by atoms with Crippen molar-refractivity contribution in [1.29, 1.82) is 0 Å². The van der Waals surface area contributed by atoms with E-state index in [2.05, 4.69) is 43.3 Å². The van der Waals surface area contributed by atoms with Crippen LogP contribution < -0.4 is 0 Å². The zero-order chi connectivity index (χ0) is 13.9. The third kappa shape index (κ3) is 2.40. The molecule has 0 unspecified atom stereocenters. The molecule has 0 saturated heterocycles. The summed E-state index contributed by atoms with van der Waals surface area (Å²) in [6.07, 6.45) is 4.97. The molecule has 0 aliphatic heterocycles. The first-order valence-corrected chi connectivity index (χ1v) is 7.54. The molecule has 0 radical (unpaired) electrons. The molecule has 0 bridgehead atoms. The molecule has 0 saturated carbocycles. The van der Waals surface area contributed by atoms with E-state index < -0.39 is 0 Å². The van der Waals surface area contributed by atoms with Gasteiger partial charge in [-0.15, -0.1) is 0 Å². The van der Waals surface area contributed by atoms with Gasteiger partial charge in [0.25, 0.3) is 0 Å². The van der Waals surface area contributed by atoms with E-state index in [1.807, 2.05) is 6.07 Å². The molecule has 1 heteroatoms. The summed E-state index contributed by atoms with van der Waals surface area (Å²) in [5, 5.41) is 0. The van der Waals surface area contributed by atoms with Crippen LogP contribution in [0.25, 0.3) is 11.1 Å². The van der Waals surface area contributed by atoms with Gasteiger partial charge in [-0.05, 0) is 41.2 Å². The van der Waals surface area contributed by atoms with E-state index in [1.165, 1.54) is 22.3 Å². The highest BCUT2D eigenvalue weighted by molar-refractivity contribution is 5.98. The van der Waals surface area contributed by atoms with Crippen LogP contribution in [-0.4, -0.2) is 5.78 Å². The van der Waals surface area contributed by atoms with E-state index in [0.29, 0.717) is 6.42 Å². The molecule has 0 spiro atoms. The smallest absolute Gasteiger partial charge is 0.162 e. The Morgan fingerprint density at radius 3 is 2.65 bits per heavy atom. The number of hydrogen-bond acceptors (Lipinski definition) is 1. The Morgan fingerprint density at radius 2 is 1.80 bits per heavy atom. The molecule has 0 fully saturated rings. The quantitative estimate of drug-likeness (QED) is 0.467. The SMILES string of the molecule is CCCCCC(=O)c1ccc2c(c1)-c1ccccc1C2. The minimum atomic E-state index is 0.283. The molecule has 0 aromatic heterocycles. The van der Waals surface area contributed by atoms with Gasteiger partial charge in [-0.2, -0.15) is 0 Å². The average molecular weight is 264 g/mol. The van der Waals surface area contributed by atoms with Gasteiger partial charge in [0.2, 0.25) is 0 Å². The van der Waals surface area contributed by atoms with Gasteiger partial charge >= 0.3 is 0 Å². The van der Waals surface area contributed by atoms with Gasteiger partial charge in [0.15, 0.2) is 5.78 Å². The van der Waals surface area contributed by atoms with Crippen LogP contribution in [0.2, 0.25) is 0 Å². The van der Waals surface area contributed by atoms with Crippen molar-refractivity contribution in [1.82, 2.24) is 0 Å². The van der Waals surface area contributed by atoms with Gasteiger partial charge in [-0.1, -0.05) is 56.2 Å². The van der Waals surface area contributed by atoms with Gasteiger partial charge in [0, 0.05) is 12.0 Å². The molecule has 0 heterocycles. The minimum absolute atomic E-state index is 0.283. The lowest BCUT2D eigenvalue weighted by Gasteiger charge is -2.05. The third-order valence-corrected chi connectivity index (χ3v) is 4.13. The van der Waals surface area contributed by atoms with Crippen molar-refractivity contribution in [3.8, 4) is 11.1 Å². The number of carbonyl (C=O) groups excluding carboxylic acids is 1. The Hall–Kier alpha value is -1.89. The van der Waals surface area contributed by atoms with Crippen LogP contribution in [0.3, 0.4) is 0 Å². The summed E-state index contributed by atoms with van der Waals surface area (Å²) >= 11 is 0. The van der Waals surface area contributed by atoms with Gasteiger partial charge in [-0.25, -0.2) is 0 Å². The molecule has 0 N–H and O–H groups in total. The third-order valence-electron chi connectivity index (χ3n) is 4.13. The lowest BCUT2D eigenvalue weighted by atomic mass is 9.98. The number of ketones is 1. The Bertz CT molecular complexity index is 640. The molecular formula is C19H20O. The number of hydrogen-bond donors (Lipinski definition) is 0. The lowest BCUT2D eigenvalue weighted by Crippen LogP contribution is -1.99. The average Bonchev–Trinajstić information content (AvgIpc) is 2.85. The fraction of sp³-hybridized carbons (Fsp3) is 0.316. The molecule has 0 amide bonds. The minimum Gasteiger partial charge on any atom is -0.294 e. The standard InChI is InChI=1S/C19H20O/c1-2-3-4-9-19(20)16-11-10-15-12-14-7-5-6-8-17(14)18(15)13-16/h5-8,10-11,13H,2-4,9,12H2,1H3. The molecule has 102 valence electrons. The largest absolute Gasteiger partial charge is 0.294 e. The fourth-order valence-electron chi connectivity index (χ4n) is 2.98. The zero-order valence-electron chi connectivity index (χ0n) is 12.0. The maximum absolute atomic E-state index is 12.2. The molecule has 2 aromatic rings. The molecule has 3 rings (SSSR count). The van der Waals surface area contributed by atoms with Crippen molar-refractivity contribution < 1.29 is 4.79 Å². The maximum Gasteiger partial charge on any atom is 0.162 e. The summed E-state index contributed by atoms with van der Waals surface area (Å²) in [4.78, 5) is 12.2. The highest BCUT2D eigenvalue weighted by Crippen LogP contribution is 2.36. The second-order valence-electron chi connectivity index (χ2n) is 5.59. The Balaban J connectivity index is 1.86. The van der Waals surface area contributed by atoms with Gasteiger partial charge in [0.1, 0.15) is 0 Å². The van der Waals surface area contributed by atoms with E-state index in [-0.39, 0.29) is 5.78 Å². The van der Waals surface area contributed by atoms with E-state index >= 15 is 0 Å². The van der Waals surface area contributed by atoms with E-state index in [0.717, 1.165) is 31.2 Å². The highest BCUT2D eigenvalue weighted by atomic mass is 16.1. The van der Waals surface area contributed by atoms with Gasteiger partial charge in [0.05, 0.1) is 0 Å². The first-order valence-electron chi connectivity index (χ1n) is 7.54. The lowest BCUT2D eigenvalue weighted by molar-refractivity contribution is 0.0979. The number of benzene rings is 2. The Morgan fingerprint density at radius 1 is 1.00 bits per heavy atom. The predicted octanol–water partition coefficient (Wildman–Crippen LogP) is 5.02. The normalized spacial score (nSPS) is 12.1. The van der Waals surface area contributed by atoms with Gasteiger partial charge in [-0.3, -0.25) is 4.79 Å². The first kappa shape index (κ1) is 13.1. The van der Waals surface area contributed by atoms with Crippen LogP contribution in [0, 0.1) is 0 Å². The summed E-state index contributed by atoms with van der Waals surface area (Å²) in [5.74, 6) is 0.283. The van der Waals surface area contributed by atoms with E-state index in [1.54, 1.807) is 0 Å². The van der Waals surface area contributed by atoms with E-state index in [9.17, 15) is 4.79 Å². The summed E-state index contributed by atoms with van der Waals surface area (Å²) in [5.41, 5.74) is 6.14. The second kappa shape index (κ2) is 5.62. The maximum atomic E-state index is 12.2. The zero-order valence-corrected chi connectivity index (χ0v) is 12.0. The predicted molar refractivity (Wildman–Crippen MR) is 83.2 cm³/mol. The summed E-state index contributed by atoms with van der Waals surface area (Å²) < 4.78 is 0. The van der Waals surface area contributed by atoms with Crippen LogP contribution in [0.15, 0.2) is 42.5 Å².